The smallest absolute Gasteiger partial charge is 0.153 e. The number of pyridine rings is 2. The molecule has 0 spiro atoms. The van der Waals surface area contributed by atoms with Crippen LogP contribution in [0.3, 0.4) is 0 Å². The summed E-state index contributed by atoms with van der Waals surface area (Å²) < 4.78 is 42.0. The summed E-state index contributed by atoms with van der Waals surface area (Å²) in [5.74, 6) is -1.34. The average Bonchev–Trinajstić information content (AvgIpc) is 2.58. The van der Waals surface area contributed by atoms with Crippen molar-refractivity contribution >= 4 is 34.1 Å². The molecule has 1 atom stereocenters. The van der Waals surface area contributed by atoms with Crippen LogP contribution in [0.5, 0.6) is 0 Å². The van der Waals surface area contributed by atoms with Gasteiger partial charge in [0.1, 0.15) is 17.5 Å². The third kappa shape index (κ3) is 3.66. The Morgan fingerprint density at radius 2 is 1.96 bits per heavy atom. The molecule has 134 valence electrons. The lowest BCUT2D eigenvalue weighted by molar-refractivity contribution is 0.562. The lowest BCUT2D eigenvalue weighted by atomic mass is 10.0. The predicted molar refractivity (Wildman–Crippen MR) is 98.0 cm³/mol. The normalized spacial score (nSPS) is 12.0. The molecule has 3 rings (SSSR count). The zero-order valence-electron chi connectivity index (χ0n) is 13.5. The van der Waals surface area contributed by atoms with Gasteiger partial charge in [-0.05, 0) is 42.3 Å². The molecule has 0 saturated heterocycles. The van der Waals surface area contributed by atoms with Crippen molar-refractivity contribution in [2.75, 3.05) is 10.5 Å². The fourth-order valence-electron chi connectivity index (χ4n) is 2.37. The second-order valence-electron chi connectivity index (χ2n) is 5.38. The Labute approximate surface area is 155 Å². The van der Waals surface area contributed by atoms with Gasteiger partial charge in [-0.25, -0.2) is 23.0 Å². The Hall–Kier alpha value is -2.58. The van der Waals surface area contributed by atoms with E-state index in [1.54, 1.807) is 31.5 Å². The summed E-state index contributed by atoms with van der Waals surface area (Å²) >= 11 is 6.12. The SMILES string of the molecule is Cc1c(-c2ccnc(N)c2)cnc(Cl)c1NS(=O)c1ccc(F)cc1F. The molecule has 5 nitrogen and oxygen atoms in total. The number of nitrogen functional groups attached to an aromatic ring is 1. The summed E-state index contributed by atoms with van der Waals surface area (Å²) in [6.07, 6.45) is 3.11. The number of nitrogens with one attached hydrogen (secondary N) is 1. The van der Waals surface area contributed by atoms with Gasteiger partial charge in [-0.15, -0.1) is 0 Å². The largest absolute Gasteiger partial charge is 0.384 e. The molecule has 9 heteroatoms. The molecular weight excluding hydrogens is 382 g/mol. The summed E-state index contributed by atoms with van der Waals surface area (Å²) in [5.41, 5.74) is 8.08. The van der Waals surface area contributed by atoms with Crippen LogP contribution >= 0.6 is 11.6 Å². The minimum absolute atomic E-state index is 0.0733. The van der Waals surface area contributed by atoms with Gasteiger partial charge in [-0.1, -0.05) is 11.6 Å². The maximum absolute atomic E-state index is 13.9. The van der Waals surface area contributed by atoms with Crippen molar-refractivity contribution in [1.29, 1.82) is 0 Å². The van der Waals surface area contributed by atoms with Crippen LogP contribution < -0.4 is 10.5 Å². The fourth-order valence-corrected chi connectivity index (χ4v) is 3.64. The third-order valence-corrected chi connectivity index (χ3v) is 5.08. The van der Waals surface area contributed by atoms with E-state index in [2.05, 4.69) is 14.7 Å². The molecule has 0 aliphatic heterocycles. The van der Waals surface area contributed by atoms with Gasteiger partial charge in [0.2, 0.25) is 0 Å². The van der Waals surface area contributed by atoms with E-state index in [9.17, 15) is 13.0 Å². The average molecular weight is 395 g/mol. The lowest BCUT2D eigenvalue weighted by Gasteiger charge is -2.14. The number of hydrogen-bond donors (Lipinski definition) is 2. The van der Waals surface area contributed by atoms with E-state index in [-0.39, 0.29) is 15.7 Å². The highest BCUT2D eigenvalue weighted by Gasteiger charge is 2.17. The zero-order chi connectivity index (χ0) is 18.8. The molecule has 0 aliphatic rings. The minimum Gasteiger partial charge on any atom is -0.384 e. The fraction of sp³-hybridized carbons (Fsp3) is 0.0588. The number of halogens is 3. The number of rotatable bonds is 4. The molecule has 0 aliphatic carbocycles. The molecule has 0 amide bonds. The van der Waals surface area contributed by atoms with E-state index in [0.717, 1.165) is 17.7 Å². The molecule has 3 aromatic rings. The van der Waals surface area contributed by atoms with Crippen LogP contribution in [-0.2, 0) is 11.0 Å². The first-order chi connectivity index (χ1) is 12.4. The number of benzene rings is 1. The molecule has 0 saturated carbocycles. The molecule has 2 heterocycles. The van der Waals surface area contributed by atoms with Gasteiger partial charge in [0.05, 0.1) is 10.6 Å². The Bertz CT molecular complexity index is 1020. The molecular formula is C17H13ClF2N4OS. The second kappa shape index (κ2) is 7.35. The molecule has 0 bridgehead atoms. The van der Waals surface area contributed by atoms with Gasteiger partial charge in [0.15, 0.2) is 16.1 Å². The Morgan fingerprint density at radius 3 is 2.65 bits per heavy atom. The van der Waals surface area contributed by atoms with E-state index in [0.29, 0.717) is 23.0 Å². The highest BCUT2D eigenvalue weighted by molar-refractivity contribution is 7.86. The van der Waals surface area contributed by atoms with Crippen molar-refractivity contribution in [3.63, 3.8) is 0 Å². The van der Waals surface area contributed by atoms with Crippen LogP contribution in [0.15, 0.2) is 47.6 Å². The number of nitrogens with zero attached hydrogens (tertiary/aromatic N) is 2. The van der Waals surface area contributed by atoms with E-state index in [1.807, 2.05) is 0 Å². The molecule has 2 aromatic heterocycles. The van der Waals surface area contributed by atoms with Gasteiger partial charge in [-0.3, -0.25) is 4.72 Å². The number of hydrogen-bond acceptors (Lipinski definition) is 4. The van der Waals surface area contributed by atoms with Crippen LogP contribution in [0.2, 0.25) is 5.15 Å². The maximum atomic E-state index is 13.9. The minimum atomic E-state index is -2.00. The summed E-state index contributed by atoms with van der Waals surface area (Å²) in [4.78, 5) is 7.82. The Morgan fingerprint density at radius 1 is 1.19 bits per heavy atom. The monoisotopic (exact) mass is 394 g/mol. The van der Waals surface area contributed by atoms with Crippen LogP contribution in [0.25, 0.3) is 11.1 Å². The molecule has 0 fully saturated rings. The van der Waals surface area contributed by atoms with Gasteiger partial charge >= 0.3 is 0 Å². The van der Waals surface area contributed by atoms with Crippen molar-refractivity contribution < 1.29 is 13.0 Å². The first-order valence-electron chi connectivity index (χ1n) is 7.37. The maximum Gasteiger partial charge on any atom is 0.153 e. The Balaban J connectivity index is 2.00. The predicted octanol–water partition coefficient (Wildman–Crippen LogP) is 4.10. The number of aromatic nitrogens is 2. The van der Waals surface area contributed by atoms with Crippen molar-refractivity contribution in [1.82, 2.24) is 9.97 Å². The van der Waals surface area contributed by atoms with Crippen molar-refractivity contribution in [3.05, 3.63) is 65.1 Å². The second-order valence-corrected chi connectivity index (χ2v) is 6.92. The van der Waals surface area contributed by atoms with E-state index >= 15 is 0 Å². The van der Waals surface area contributed by atoms with Crippen LogP contribution in [0, 0.1) is 18.6 Å². The molecule has 3 N–H and O–H groups in total. The molecule has 1 aromatic carbocycles. The van der Waals surface area contributed by atoms with E-state index < -0.39 is 22.6 Å². The van der Waals surface area contributed by atoms with Crippen LogP contribution in [0.1, 0.15) is 5.56 Å². The van der Waals surface area contributed by atoms with Gasteiger partial charge in [0, 0.05) is 24.0 Å². The highest BCUT2D eigenvalue weighted by atomic mass is 35.5. The third-order valence-electron chi connectivity index (χ3n) is 3.67. The van der Waals surface area contributed by atoms with Gasteiger partial charge < -0.3 is 5.73 Å². The summed E-state index contributed by atoms with van der Waals surface area (Å²) in [6, 6.07) is 6.21. The van der Waals surface area contributed by atoms with Crippen molar-refractivity contribution in [2.45, 2.75) is 11.8 Å². The lowest BCUT2D eigenvalue weighted by Crippen LogP contribution is -2.09. The van der Waals surface area contributed by atoms with E-state index in [4.69, 9.17) is 17.3 Å². The summed E-state index contributed by atoms with van der Waals surface area (Å²) in [5, 5.41) is 0.0733. The van der Waals surface area contributed by atoms with Crippen LogP contribution in [0.4, 0.5) is 20.3 Å². The first kappa shape index (κ1) is 18.2. The van der Waals surface area contributed by atoms with Crippen molar-refractivity contribution in [3.8, 4) is 11.1 Å². The summed E-state index contributed by atoms with van der Waals surface area (Å²) in [7, 11) is -2.00. The first-order valence-corrected chi connectivity index (χ1v) is 8.90. The van der Waals surface area contributed by atoms with E-state index in [1.165, 1.54) is 0 Å². The summed E-state index contributed by atoms with van der Waals surface area (Å²) in [6.45, 7) is 1.75. The Kier molecular flexibility index (Phi) is 5.15. The standard InChI is InChI=1S/C17H13ClF2N4OS/c1-9-12(10-4-5-22-15(21)6-10)8-23-17(18)16(9)24-26(25)14-3-2-11(19)7-13(14)20/h2-8,24H,1H3,(H2,21,22). The van der Waals surface area contributed by atoms with Gasteiger partial charge in [0.25, 0.3) is 0 Å². The van der Waals surface area contributed by atoms with Gasteiger partial charge in [-0.2, -0.15) is 0 Å². The quantitative estimate of drug-likeness (QED) is 0.653. The zero-order valence-corrected chi connectivity index (χ0v) is 15.0. The molecule has 0 radical (unpaired) electrons. The molecule has 1 unspecified atom stereocenters. The topological polar surface area (TPSA) is 80.9 Å². The number of nitrogens with two attached hydrogens (primary N) is 1. The highest BCUT2D eigenvalue weighted by Crippen LogP contribution is 2.33. The van der Waals surface area contributed by atoms with Crippen molar-refractivity contribution in [2.24, 2.45) is 0 Å². The number of anilines is 2. The van der Waals surface area contributed by atoms with Crippen LogP contribution in [-0.4, -0.2) is 14.2 Å². The molecule has 26 heavy (non-hydrogen) atoms.